The Labute approximate surface area is 167 Å². The molecule has 2 fully saturated rings. The predicted octanol–water partition coefficient (Wildman–Crippen LogP) is 2.98. The van der Waals surface area contributed by atoms with Gasteiger partial charge in [0.05, 0.1) is 24.0 Å². The second-order valence-corrected chi connectivity index (χ2v) is 10.5. The number of amidine groups is 1. The van der Waals surface area contributed by atoms with Crippen molar-refractivity contribution in [2.24, 2.45) is 4.99 Å². The van der Waals surface area contributed by atoms with Gasteiger partial charge in [-0.25, -0.2) is 12.8 Å². The normalized spacial score (nSPS) is 24.5. The number of sulfone groups is 1. The maximum Gasteiger partial charge on any atom is 0.252 e. The summed E-state index contributed by atoms with van der Waals surface area (Å²) in [4.78, 5) is 18.7. The van der Waals surface area contributed by atoms with Crippen LogP contribution in [0.4, 0.5) is 10.1 Å². The third-order valence-corrected chi connectivity index (χ3v) is 8.08. The summed E-state index contributed by atoms with van der Waals surface area (Å²) in [5.41, 5.74) is 2.61. The van der Waals surface area contributed by atoms with Crippen LogP contribution in [0.3, 0.4) is 0 Å². The summed E-state index contributed by atoms with van der Waals surface area (Å²) in [5, 5.41) is 0.393. The second kappa shape index (κ2) is 7.33. The summed E-state index contributed by atoms with van der Waals surface area (Å²) < 4.78 is 37.2. The van der Waals surface area contributed by atoms with Crippen molar-refractivity contribution in [2.75, 3.05) is 16.4 Å². The third kappa shape index (κ3) is 3.98. The number of thioether (sulfide) groups is 1. The van der Waals surface area contributed by atoms with E-state index in [4.69, 9.17) is 0 Å². The lowest BCUT2D eigenvalue weighted by Crippen LogP contribution is -2.37. The molecule has 28 heavy (non-hydrogen) atoms. The molecule has 0 bridgehead atoms. The van der Waals surface area contributed by atoms with Crippen LogP contribution in [0, 0.1) is 12.7 Å². The Morgan fingerprint density at radius 2 is 1.82 bits per heavy atom. The molecule has 2 heterocycles. The SMILES string of the molecule is Cc1ccc(N2C(=NC(=O)Cc3ccc(F)cc3)SC3CS(=O)(=O)CC32)cc1. The number of halogens is 1. The molecule has 2 aliphatic heterocycles. The predicted molar refractivity (Wildman–Crippen MR) is 110 cm³/mol. The van der Waals surface area contributed by atoms with Gasteiger partial charge in [0, 0.05) is 10.9 Å². The first-order valence-corrected chi connectivity index (χ1v) is 11.6. The van der Waals surface area contributed by atoms with Gasteiger partial charge < -0.3 is 4.90 Å². The second-order valence-electron chi connectivity index (χ2n) is 7.10. The Morgan fingerprint density at radius 1 is 1.14 bits per heavy atom. The fourth-order valence-corrected chi connectivity index (χ4v) is 7.43. The fraction of sp³-hybridized carbons (Fsp3) is 0.300. The first-order chi connectivity index (χ1) is 13.3. The summed E-state index contributed by atoms with van der Waals surface area (Å²) >= 11 is 1.35. The molecule has 0 radical (unpaired) electrons. The van der Waals surface area contributed by atoms with Crippen LogP contribution in [0.15, 0.2) is 53.5 Å². The highest BCUT2D eigenvalue weighted by molar-refractivity contribution is 8.16. The van der Waals surface area contributed by atoms with Gasteiger partial charge in [0.15, 0.2) is 15.0 Å². The molecular formula is C20H19FN2O3S2. The molecule has 0 N–H and O–H groups in total. The number of hydrogen-bond acceptors (Lipinski definition) is 4. The van der Waals surface area contributed by atoms with Crippen molar-refractivity contribution in [3.8, 4) is 0 Å². The standard InChI is InChI=1S/C20H19FN2O3S2/c1-13-2-8-16(9-3-13)23-17-11-28(25,26)12-18(17)27-20(23)22-19(24)10-14-4-6-15(21)7-5-14/h2-9,17-18H,10-12H2,1H3. The molecule has 2 aliphatic rings. The monoisotopic (exact) mass is 418 g/mol. The number of amides is 1. The largest absolute Gasteiger partial charge is 0.316 e. The zero-order chi connectivity index (χ0) is 19.9. The molecule has 8 heteroatoms. The molecule has 0 spiro atoms. The van der Waals surface area contributed by atoms with E-state index in [9.17, 15) is 17.6 Å². The number of rotatable bonds is 3. The molecule has 0 saturated carbocycles. The van der Waals surface area contributed by atoms with Gasteiger partial charge in [0.2, 0.25) is 0 Å². The lowest BCUT2D eigenvalue weighted by atomic mass is 10.1. The number of hydrogen-bond donors (Lipinski definition) is 0. The van der Waals surface area contributed by atoms with Gasteiger partial charge in [-0.15, -0.1) is 0 Å². The number of fused-ring (bicyclic) bond motifs is 1. The van der Waals surface area contributed by atoms with E-state index in [-0.39, 0.29) is 40.9 Å². The van der Waals surface area contributed by atoms with E-state index in [2.05, 4.69) is 4.99 Å². The van der Waals surface area contributed by atoms with Crippen molar-refractivity contribution in [1.29, 1.82) is 0 Å². The molecular weight excluding hydrogens is 399 g/mol. The fourth-order valence-electron chi connectivity index (χ4n) is 3.49. The van der Waals surface area contributed by atoms with Crippen LogP contribution < -0.4 is 4.90 Å². The van der Waals surface area contributed by atoms with Crippen molar-refractivity contribution in [2.45, 2.75) is 24.6 Å². The number of nitrogens with zero attached hydrogens (tertiary/aromatic N) is 2. The average molecular weight is 419 g/mol. The van der Waals surface area contributed by atoms with E-state index in [0.29, 0.717) is 10.7 Å². The van der Waals surface area contributed by atoms with Gasteiger partial charge in [-0.1, -0.05) is 41.6 Å². The molecule has 2 aromatic rings. The van der Waals surface area contributed by atoms with Crippen molar-refractivity contribution >= 4 is 38.4 Å². The van der Waals surface area contributed by atoms with Crippen LogP contribution >= 0.6 is 11.8 Å². The minimum absolute atomic E-state index is 0.0592. The summed E-state index contributed by atoms with van der Waals surface area (Å²) in [6.07, 6.45) is 0.0692. The lowest BCUT2D eigenvalue weighted by Gasteiger charge is -2.24. The molecule has 146 valence electrons. The van der Waals surface area contributed by atoms with Gasteiger partial charge >= 0.3 is 0 Å². The summed E-state index contributed by atoms with van der Waals surface area (Å²) in [7, 11) is -3.10. The number of aliphatic imine (C=N–C) groups is 1. The van der Waals surface area contributed by atoms with E-state index in [1.165, 1.54) is 23.9 Å². The number of carbonyl (C=O) groups is 1. The maximum atomic E-state index is 13.0. The van der Waals surface area contributed by atoms with Crippen LogP contribution in [-0.2, 0) is 21.1 Å². The summed E-state index contributed by atoms with van der Waals surface area (Å²) in [6, 6.07) is 13.3. The van der Waals surface area contributed by atoms with E-state index in [0.717, 1.165) is 11.3 Å². The van der Waals surface area contributed by atoms with Crippen molar-refractivity contribution in [3.05, 3.63) is 65.5 Å². The molecule has 2 unspecified atom stereocenters. The van der Waals surface area contributed by atoms with Gasteiger partial charge in [-0.2, -0.15) is 4.99 Å². The van der Waals surface area contributed by atoms with Gasteiger partial charge in [0.25, 0.3) is 5.91 Å². The van der Waals surface area contributed by atoms with Crippen LogP contribution in [0.5, 0.6) is 0 Å². The molecule has 2 atom stereocenters. The van der Waals surface area contributed by atoms with Gasteiger partial charge in [-0.05, 0) is 36.8 Å². The van der Waals surface area contributed by atoms with Crippen LogP contribution in [-0.4, -0.2) is 42.3 Å². The van der Waals surface area contributed by atoms with E-state index in [1.807, 2.05) is 36.1 Å². The zero-order valence-corrected chi connectivity index (χ0v) is 16.8. The van der Waals surface area contributed by atoms with E-state index in [1.54, 1.807) is 12.1 Å². The first kappa shape index (κ1) is 19.1. The molecule has 1 amide bonds. The summed E-state index contributed by atoms with van der Waals surface area (Å²) in [5.74, 6) is -0.540. The minimum Gasteiger partial charge on any atom is -0.316 e. The topological polar surface area (TPSA) is 66.8 Å². The Kier molecular flexibility index (Phi) is 5.01. The summed E-state index contributed by atoms with van der Waals surface area (Å²) in [6.45, 7) is 1.98. The van der Waals surface area contributed by atoms with Crippen LogP contribution in [0.1, 0.15) is 11.1 Å². The minimum atomic E-state index is -3.10. The Morgan fingerprint density at radius 3 is 2.50 bits per heavy atom. The number of aryl methyl sites for hydroxylation is 1. The van der Waals surface area contributed by atoms with Crippen LogP contribution in [0.25, 0.3) is 0 Å². The maximum absolute atomic E-state index is 13.0. The zero-order valence-electron chi connectivity index (χ0n) is 15.2. The first-order valence-electron chi connectivity index (χ1n) is 8.90. The molecule has 2 saturated heterocycles. The Balaban J connectivity index is 1.62. The molecule has 0 aliphatic carbocycles. The van der Waals surface area contributed by atoms with E-state index >= 15 is 0 Å². The highest BCUT2D eigenvalue weighted by Crippen LogP contribution is 2.41. The van der Waals surface area contributed by atoms with E-state index < -0.39 is 9.84 Å². The smallest absolute Gasteiger partial charge is 0.252 e. The number of anilines is 1. The highest BCUT2D eigenvalue weighted by Gasteiger charge is 2.49. The highest BCUT2D eigenvalue weighted by atomic mass is 32.2. The number of benzene rings is 2. The van der Waals surface area contributed by atoms with Gasteiger partial charge in [-0.3, -0.25) is 4.79 Å². The molecule has 4 rings (SSSR count). The molecule has 0 aromatic heterocycles. The Hall–Kier alpha value is -2.19. The van der Waals surface area contributed by atoms with Crippen molar-refractivity contribution < 1.29 is 17.6 Å². The van der Waals surface area contributed by atoms with Gasteiger partial charge in [0.1, 0.15) is 5.82 Å². The van der Waals surface area contributed by atoms with Crippen LogP contribution in [0.2, 0.25) is 0 Å². The molecule has 2 aromatic carbocycles. The Bertz CT molecular complexity index is 1030. The third-order valence-electron chi connectivity index (χ3n) is 4.87. The van der Waals surface area contributed by atoms with Crippen molar-refractivity contribution in [3.63, 3.8) is 0 Å². The quantitative estimate of drug-likeness (QED) is 0.767. The average Bonchev–Trinajstić information content (AvgIpc) is 3.09. The molecule has 5 nitrogen and oxygen atoms in total. The number of carbonyl (C=O) groups excluding carboxylic acids is 1. The lowest BCUT2D eigenvalue weighted by molar-refractivity contribution is -0.117. The van der Waals surface area contributed by atoms with Crippen molar-refractivity contribution in [1.82, 2.24) is 0 Å².